The Morgan fingerprint density at radius 3 is 2.07 bits per heavy atom. The molecule has 28 heavy (non-hydrogen) atoms. The normalized spacial score (nSPS) is 10.2. The molecule has 0 spiro atoms. The summed E-state index contributed by atoms with van der Waals surface area (Å²) in [5.41, 5.74) is 4.17. The Morgan fingerprint density at radius 2 is 1.43 bits per heavy atom. The fraction of sp³-hybridized carbons (Fsp3) is 0.130. The Bertz CT molecular complexity index is 990. The first-order valence-electron chi connectivity index (χ1n) is 8.90. The fourth-order valence-corrected chi connectivity index (χ4v) is 2.97. The maximum atomic E-state index is 12.8. The van der Waals surface area contributed by atoms with Gasteiger partial charge in [-0.25, -0.2) is 0 Å². The number of ether oxygens (including phenoxy) is 1. The van der Waals surface area contributed by atoms with Crippen LogP contribution in [-0.2, 0) is 0 Å². The summed E-state index contributed by atoms with van der Waals surface area (Å²) in [6.45, 7) is 3.96. The number of hydrogen-bond acceptors (Lipinski definition) is 3. The lowest BCUT2D eigenvalue weighted by Gasteiger charge is -2.12. The Morgan fingerprint density at radius 1 is 0.786 bits per heavy atom. The molecular formula is C23H22N2O3. The summed E-state index contributed by atoms with van der Waals surface area (Å²) in [6.07, 6.45) is 0. The highest BCUT2D eigenvalue weighted by Gasteiger charge is 2.14. The van der Waals surface area contributed by atoms with Crippen molar-refractivity contribution in [3.8, 4) is 5.75 Å². The molecule has 2 amide bonds. The van der Waals surface area contributed by atoms with Gasteiger partial charge >= 0.3 is 0 Å². The summed E-state index contributed by atoms with van der Waals surface area (Å²) in [6, 6.07) is 19.6. The number of methoxy groups -OCH3 is 1. The van der Waals surface area contributed by atoms with Crippen LogP contribution in [0.3, 0.4) is 0 Å². The van der Waals surface area contributed by atoms with E-state index in [-0.39, 0.29) is 11.8 Å². The molecule has 142 valence electrons. The zero-order valence-corrected chi connectivity index (χ0v) is 16.1. The Labute approximate surface area is 164 Å². The second-order valence-corrected chi connectivity index (χ2v) is 6.56. The zero-order chi connectivity index (χ0) is 20.1. The summed E-state index contributed by atoms with van der Waals surface area (Å²) >= 11 is 0. The number of aryl methyl sites for hydroxylation is 2. The average molecular weight is 374 g/mol. The molecule has 0 aliphatic heterocycles. The van der Waals surface area contributed by atoms with Crippen molar-refractivity contribution in [2.45, 2.75) is 13.8 Å². The third kappa shape index (κ3) is 4.57. The lowest BCUT2D eigenvalue weighted by molar-refractivity contribution is 0.102. The molecule has 3 aromatic carbocycles. The van der Waals surface area contributed by atoms with Crippen molar-refractivity contribution in [2.24, 2.45) is 0 Å². The van der Waals surface area contributed by atoms with Crippen molar-refractivity contribution >= 4 is 23.2 Å². The standard InChI is InChI=1S/C23H22N2O3/c1-15-12-16(2)14-18(13-15)24-23(27)20-6-4-5-7-21(20)25-22(26)17-8-10-19(28-3)11-9-17/h4-14H,1-3H3,(H,24,27)(H,25,26). The van der Waals surface area contributed by atoms with Crippen LogP contribution >= 0.6 is 0 Å². The van der Waals surface area contributed by atoms with Crippen LogP contribution in [0.2, 0.25) is 0 Å². The number of para-hydroxylation sites is 1. The molecule has 0 radical (unpaired) electrons. The number of rotatable bonds is 5. The van der Waals surface area contributed by atoms with Crippen molar-refractivity contribution in [3.63, 3.8) is 0 Å². The minimum atomic E-state index is -0.297. The molecule has 2 N–H and O–H groups in total. The molecule has 0 aliphatic rings. The van der Waals surface area contributed by atoms with E-state index in [0.29, 0.717) is 22.6 Å². The van der Waals surface area contributed by atoms with Crippen LogP contribution in [0.5, 0.6) is 5.75 Å². The lowest BCUT2D eigenvalue weighted by atomic mass is 10.1. The molecule has 0 aliphatic carbocycles. The number of benzene rings is 3. The Kier molecular flexibility index (Phi) is 5.75. The summed E-state index contributed by atoms with van der Waals surface area (Å²) in [7, 11) is 1.57. The first kappa shape index (κ1) is 19.2. The van der Waals surface area contributed by atoms with E-state index >= 15 is 0 Å². The summed E-state index contributed by atoms with van der Waals surface area (Å²) in [5, 5.41) is 5.71. The Hall–Kier alpha value is -3.60. The number of amides is 2. The fourth-order valence-electron chi connectivity index (χ4n) is 2.97. The van der Waals surface area contributed by atoms with Crippen LogP contribution in [0, 0.1) is 13.8 Å². The molecule has 0 bridgehead atoms. The second kappa shape index (κ2) is 8.39. The van der Waals surface area contributed by atoms with Crippen molar-refractivity contribution in [1.29, 1.82) is 0 Å². The first-order chi connectivity index (χ1) is 13.5. The highest BCUT2D eigenvalue weighted by atomic mass is 16.5. The van der Waals surface area contributed by atoms with Gasteiger partial charge in [-0.1, -0.05) is 18.2 Å². The molecule has 0 aromatic heterocycles. The largest absolute Gasteiger partial charge is 0.497 e. The minimum absolute atomic E-state index is 0.282. The Balaban J connectivity index is 1.79. The van der Waals surface area contributed by atoms with Gasteiger partial charge in [0, 0.05) is 11.3 Å². The average Bonchev–Trinajstić information content (AvgIpc) is 2.67. The van der Waals surface area contributed by atoms with Crippen LogP contribution in [0.15, 0.2) is 66.7 Å². The first-order valence-corrected chi connectivity index (χ1v) is 8.90. The SMILES string of the molecule is COc1ccc(C(=O)Nc2ccccc2C(=O)Nc2cc(C)cc(C)c2)cc1. The van der Waals surface area contributed by atoms with Gasteiger partial charge in [0.1, 0.15) is 5.75 Å². The molecule has 5 nitrogen and oxygen atoms in total. The monoisotopic (exact) mass is 374 g/mol. The lowest BCUT2D eigenvalue weighted by Crippen LogP contribution is -2.18. The molecule has 3 aromatic rings. The highest BCUT2D eigenvalue weighted by molar-refractivity contribution is 6.12. The van der Waals surface area contributed by atoms with E-state index in [2.05, 4.69) is 10.6 Å². The minimum Gasteiger partial charge on any atom is -0.497 e. The van der Waals surface area contributed by atoms with Crippen molar-refractivity contribution in [1.82, 2.24) is 0 Å². The van der Waals surface area contributed by atoms with E-state index in [1.54, 1.807) is 55.6 Å². The van der Waals surface area contributed by atoms with Crippen LogP contribution in [0.1, 0.15) is 31.8 Å². The van der Waals surface area contributed by atoms with Crippen LogP contribution in [0.4, 0.5) is 11.4 Å². The third-order valence-corrected chi connectivity index (χ3v) is 4.25. The topological polar surface area (TPSA) is 67.4 Å². The molecule has 0 fully saturated rings. The maximum Gasteiger partial charge on any atom is 0.257 e. The number of nitrogens with one attached hydrogen (secondary N) is 2. The van der Waals surface area contributed by atoms with E-state index in [1.165, 1.54) is 0 Å². The molecule has 0 atom stereocenters. The van der Waals surface area contributed by atoms with Gasteiger partial charge in [-0.3, -0.25) is 9.59 Å². The number of hydrogen-bond donors (Lipinski definition) is 2. The number of carbonyl (C=O) groups is 2. The summed E-state index contributed by atoms with van der Waals surface area (Å²) in [5.74, 6) is 0.0923. The van der Waals surface area contributed by atoms with Crippen molar-refractivity contribution in [3.05, 3.63) is 89.0 Å². The molecule has 0 unspecified atom stereocenters. The van der Waals surface area contributed by atoms with Crippen LogP contribution in [0.25, 0.3) is 0 Å². The second-order valence-electron chi connectivity index (χ2n) is 6.56. The van der Waals surface area contributed by atoms with Crippen LogP contribution in [-0.4, -0.2) is 18.9 Å². The van der Waals surface area contributed by atoms with E-state index in [1.807, 2.05) is 32.0 Å². The van der Waals surface area contributed by atoms with E-state index in [4.69, 9.17) is 4.74 Å². The van der Waals surface area contributed by atoms with Gasteiger partial charge in [-0.05, 0) is 73.5 Å². The molecule has 0 saturated heterocycles. The van der Waals surface area contributed by atoms with Gasteiger partial charge in [0.15, 0.2) is 0 Å². The van der Waals surface area contributed by atoms with E-state index in [9.17, 15) is 9.59 Å². The third-order valence-electron chi connectivity index (χ3n) is 4.25. The zero-order valence-electron chi connectivity index (χ0n) is 16.1. The molecular weight excluding hydrogens is 352 g/mol. The van der Waals surface area contributed by atoms with Gasteiger partial charge < -0.3 is 15.4 Å². The molecule has 0 heterocycles. The smallest absolute Gasteiger partial charge is 0.257 e. The summed E-state index contributed by atoms with van der Waals surface area (Å²) < 4.78 is 5.11. The van der Waals surface area contributed by atoms with E-state index < -0.39 is 0 Å². The quantitative estimate of drug-likeness (QED) is 0.673. The predicted molar refractivity (Wildman–Crippen MR) is 111 cm³/mol. The van der Waals surface area contributed by atoms with Gasteiger partial charge in [0.05, 0.1) is 18.4 Å². The molecule has 3 rings (SSSR count). The van der Waals surface area contributed by atoms with Gasteiger partial charge in [-0.15, -0.1) is 0 Å². The summed E-state index contributed by atoms with van der Waals surface area (Å²) in [4.78, 5) is 25.3. The highest BCUT2D eigenvalue weighted by Crippen LogP contribution is 2.20. The van der Waals surface area contributed by atoms with Crippen LogP contribution < -0.4 is 15.4 Å². The number of carbonyl (C=O) groups excluding carboxylic acids is 2. The molecule has 5 heteroatoms. The molecule has 0 saturated carbocycles. The van der Waals surface area contributed by atoms with Crippen molar-refractivity contribution < 1.29 is 14.3 Å². The van der Waals surface area contributed by atoms with Gasteiger partial charge in [0.25, 0.3) is 11.8 Å². The van der Waals surface area contributed by atoms with Crippen molar-refractivity contribution in [2.75, 3.05) is 17.7 Å². The predicted octanol–water partition coefficient (Wildman–Crippen LogP) is 4.82. The van der Waals surface area contributed by atoms with E-state index in [0.717, 1.165) is 16.8 Å². The van der Waals surface area contributed by atoms with Gasteiger partial charge in [0.2, 0.25) is 0 Å². The number of anilines is 2. The maximum absolute atomic E-state index is 12.8. The van der Waals surface area contributed by atoms with Gasteiger partial charge in [-0.2, -0.15) is 0 Å².